The van der Waals surface area contributed by atoms with E-state index in [9.17, 15) is 9.59 Å². The molecule has 0 spiro atoms. The molecule has 7 nitrogen and oxygen atoms in total. The van der Waals surface area contributed by atoms with Crippen LogP contribution in [0.1, 0.15) is 52.9 Å². The number of nitrogens with one attached hydrogen (secondary N) is 1. The Labute approximate surface area is 175 Å². The van der Waals surface area contributed by atoms with Crippen LogP contribution in [0.5, 0.6) is 0 Å². The highest BCUT2D eigenvalue weighted by atomic mass is 16.5. The second-order valence-corrected chi connectivity index (χ2v) is 7.49. The van der Waals surface area contributed by atoms with Crippen molar-refractivity contribution in [1.29, 1.82) is 0 Å². The standard InChI is InChI=1S/C23H24N4O3/c1-16(18-9-8-17-5-2-3-6-19(17)11-18)26-22(28)15-30-23(29)20-12-25-27(14-20)21-7-4-10-24-13-21/h4,7-14,16H,2-3,5-6,15H2,1H3,(H,26,28). The van der Waals surface area contributed by atoms with Crippen molar-refractivity contribution in [3.05, 3.63) is 77.4 Å². The van der Waals surface area contributed by atoms with Crippen LogP contribution in [0.3, 0.4) is 0 Å². The van der Waals surface area contributed by atoms with E-state index in [-0.39, 0.29) is 24.1 Å². The van der Waals surface area contributed by atoms with Gasteiger partial charge in [-0.05, 0) is 61.4 Å². The number of hydrogen-bond donors (Lipinski definition) is 1. The number of carbonyl (C=O) groups is 2. The molecule has 0 saturated carbocycles. The lowest BCUT2D eigenvalue weighted by Gasteiger charge is -2.20. The van der Waals surface area contributed by atoms with Gasteiger partial charge in [0.05, 0.1) is 29.7 Å². The van der Waals surface area contributed by atoms with E-state index in [2.05, 4.69) is 33.6 Å². The summed E-state index contributed by atoms with van der Waals surface area (Å²) >= 11 is 0. The van der Waals surface area contributed by atoms with Crippen molar-refractivity contribution < 1.29 is 14.3 Å². The van der Waals surface area contributed by atoms with E-state index >= 15 is 0 Å². The van der Waals surface area contributed by atoms with Crippen molar-refractivity contribution in [3.8, 4) is 5.69 Å². The first-order chi connectivity index (χ1) is 14.6. The van der Waals surface area contributed by atoms with Gasteiger partial charge in [0, 0.05) is 12.4 Å². The van der Waals surface area contributed by atoms with E-state index in [1.54, 1.807) is 24.7 Å². The van der Waals surface area contributed by atoms with Crippen molar-refractivity contribution in [2.45, 2.75) is 38.6 Å². The number of aryl methyl sites for hydroxylation is 2. The van der Waals surface area contributed by atoms with Gasteiger partial charge < -0.3 is 10.1 Å². The predicted molar refractivity (Wildman–Crippen MR) is 111 cm³/mol. The molecule has 1 aromatic carbocycles. The van der Waals surface area contributed by atoms with Gasteiger partial charge in [-0.25, -0.2) is 9.48 Å². The van der Waals surface area contributed by atoms with Gasteiger partial charge in [0.15, 0.2) is 6.61 Å². The maximum atomic E-state index is 12.3. The Morgan fingerprint density at radius 1 is 1.17 bits per heavy atom. The number of amides is 1. The number of ether oxygens (including phenoxy) is 1. The first-order valence-electron chi connectivity index (χ1n) is 10.1. The lowest BCUT2D eigenvalue weighted by atomic mass is 9.89. The first kappa shape index (κ1) is 19.8. The molecule has 0 fully saturated rings. The average Bonchev–Trinajstić information content (AvgIpc) is 3.28. The summed E-state index contributed by atoms with van der Waals surface area (Å²) in [6.45, 7) is 1.59. The number of fused-ring (bicyclic) bond motifs is 1. The monoisotopic (exact) mass is 404 g/mol. The topological polar surface area (TPSA) is 86.1 Å². The number of hydrogen-bond acceptors (Lipinski definition) is 5. The van der Waals surface area contributed by atoms with Crippen LogP contribution >= 0.6 is 0 Å². The summed E-state index contributed by atoms with van der Waals surface area (Å²) in [6, 6.07) is 9.85. The molecule has 1 N–H and O–H groups in total. The summed E-state index contributed by atoms with van der Waals surface area (Å²) in [5.74, 6) is -0.935. The Kier molecular flexibility index (Phi) is 5.88. The van der Waals surface area contributed by atoms with Gasteiger partial charge in [-0.1, -0.05) is 18.2 Å². The van der Waals surface area contributed by atoms with Crippen LogP contribution in [0, 0.1) is 0 Å². The van der Waals surface area contributed by atoms with E-state index in [4.69, 9.17) is 4.74 Å². The SMILES string of the molecule is CC(NC(=O)COC(=O)c1cnn(-c2cccnc2)c1)c1ccc2c(c1)CCCC2. The number of benzene rings is 1. The number of aromatic nitrogens is 3. The minimum absolute atomic E-state index is 0.156. The predicted octanol–water partition coefficient (Wildman–Crippen LogP) is 3.18. The summed E-state index contributed by atoms with van der Waals surface area (Å²) in [6.07, 6.45) is 10.9. The first-order valence-corrected chi connectivity index (χ1v) is 10.1. The maximum Gasteiger partial charge on any atom is 0.341 e. The Hall–Kier alpha value is -3.48. The Bertz CT molecular complexity index is 1050. The molecule has 0 bridgehead atoms. The van der Waals surface area contributed by atoms with Crippen LogP contribution in [0.4, 0.5) is 0 Å². The second kappa shape index (κ2) is 8.90. The molecule has 7 heteroatoms. The van der Waals surface area contributed by atoms with E-state index in [0.717, 1.165) is 24.1 Å². The number of esters is 1. The fraction of sp³-hybridized carbons (Fsp3) is 0.304. The zero-order valence-corrected chi connectivity index (χ0v) is 16.9. The third-order valence-corrected chi connectivity index (χ3v) is 5.31. The van der Waals surface area contributed by atoms with Gasteiger partial charge >= 0.3 is 5.97 Å². The summed E-state index contributed by atoms with van der Waals surface area (Å²) < 4.78 is 6.68. The fourth-order valence-electron chi connectivity index (χ4n) is 3.66. The molecule has 30 heavy (non-hydrogen) atoms. The minimum atomic E-state index is -0.596. The summed E-state index contributed by atoms with van der Waals surface area (Å²) in [4.78, 5) is 28.5. The van der Waals surface area contributed by atoms with Crippen molar-refractivity contribution in [3.63, 3.8) is 0 Å². The zero-order chi connectivity index (χ0) is 20.9. The zero-order valence-electron chi connectivity index (χ0n) is 16.9. The molecule has 1 aliphatic carbocycles. The quantitative estimate of drug-likeness (QED) is 0.638. The van der Waals surface area contributed by atoms with E-state index < -0.39 is 5.97 Å². The summed E-state index contributed by atoms with van der Waals surface area (Å²) in [5, 5.41) is 7.03. The van der Waals surface area contributed by atoms with Crippen LogP contribution in [0.15, 0.2) is 55.1 Å². The lowest BCUT2D eigenvalue weighted by Crippen LogP contribution is -2.31. The Balaban J connectivity index is 1.30. The molecular weight excluding hydrogens is 380 g/mol. The van der Waals surface area contributed by atoms with E-state index in [1.807, 2.05) is 13.0 Å². The van der Waals surface area contributed by atoms with Crippen molar-refractivity contribution >= 4 is 11.9 Å². The van der Waals surface area contributed by atoms with Crippen LogP contribution < -0.4 is 5.32 Å². The Morgan fingerprint density at radius 2 is 2.00 bits per heavy atom. The number of pyridine rings is 1. The number of rotatable bonds is 6. The summed E-state index contributed by atoms with van der Waals surface area (Å²) in [7, 11) is 0. The molecular formula is C23H24N4O3. The average molecular weight is 404 g/mol. The van der Waals surface area contributed by atoms with Crippen molar-refractivity contribution in [2.24, 2.45) is 0 Å². The van der Waals surface area contributed by atoms with Gasteiger partial charge in [-0.3, -0.25) is 9.78 Å². The van der Waals surface area contributed by atoms with Gasteiger partial charge in [-0.2, -0.15) is 5.10 Å². The molecule has 4 rings (SSSR count). The van der Waals surface area contributed by atoms with Gasteiger partial charge in [0.25, 0.3) is 5.91 Å². The molecule has 0 saturated heterocycles. The maximum absolute atomic E-state index is 12.3. The van der Waals surface area contributed by atoms with Gasteiger partial charge in [-0.15, -0.1) is 0 Å². The molecule has 154 valence electrons. The second-order valence-electron chi connectivity index (χ2n) is 7.49. The van der Waals surface area contributed by atoms with E-state index in [1.165, 1.54) is 34.8 Å². The van der Waals surface area contributed by atoms with Crippen molar-refractivity contribution in [1.82, 2.24) is 20.1 Å². The van der Waals surface area contributed by atoms with E-state index in [0.29, 0.717) is 0 Å². The molecule has 3 aromatic rings. The highest BCUT2D eigenvalue weighted by Crippen LogP contribution is 2.24. The molecule has 2 heterocycles. The molecule has 1 aliphatic rings. The smallest absolute Gasteiger partial charge is 0.341 e. The lowest BCUT2D eigenvalue weighted by molar-refractivity contribution is -0.124. The molecule has 2 aromatic heterocycles. The van der Waals surface area contributed by atoms with Crippen LogP contribution in [0.25, 0.3) is 5.69 Å². The molecule has 1 amide bonds. The highest BCUT2D eigenvalue weighted by Gasteiger charge is 2.16. The largest absolute Gasteiger partial charge is 0.452 e. The third kappa shape index (κ3) is 4.56. The Morgan fingerprint density at radius 3 is 2.80 bits per heavy atom. The minimum Gasteiger partial charge on any atom is -0.452 e. The normalized spacial score (nSPS) is 13.9. The van der Waals surface area contributed by atoms with Crippen LogP contribution in [-0.2, 0) is 22.4 Å². The number of carbonyl (C=O) groups excluding carboxylic acids is 2. The summed E-state index contributed by atoms with van der Waals surface area (Å²) in [5.41, 5.74) is 4.84. The highest BCUT2D eigenvalue weighted by molar-refractivity contribution is 5.91. The molecule has 1 atom stereocenters. The number of nitrogens with zero attached hydrogens (tertiary/aromatic N) is 3. The van der Waals surface area contributed by atoms with Crippen LogP contribution in [0.2, 0.25) is 0 Å². The molecule has 1 unspecified atom stereocenters. The third-order valence-electron chi connectivity index (χ3n) is 5.31. The molecule has 0 aliphatic heterocycles. The van der Waals surface area contributed by atoms with Crippen LogP contribution in [-0.4, -0.2) is 33.2 Å². The fourth-order valence-corrected chi connectivity index (χ4v) is 3.66. The van der Waals surface area contributed by atoms with Gasteiger partial charge in [0.1, 0.15) is 0 Å². The molecule has 0 radical (unpaired) electrons. The van der Waals surface area contributed by atoms with Crippen molar-refractivity contribution in [2.75, 3.05) is 6.61 Å². The van der Waals surface area contributed by atoms with Gasteiger partial charge in [0.2, 0.25) is 0 Å².